The van der Waals surface area contributed by atoms with E-state index in [1.807, 2.05) is 30.3 Å². The van der Waals surface area contributed by atoms with Gasteiger partial charge in [-0.2, -0.15) is 0 Å². The van der Waals surface area contributed by atoms with E-state index in [0.717, 1.165) is 5.56 Å². The standard InChI is InChI=1S/C17H17N5O3S/c18-26(24,25)12-14-6-8-15(9-7-14)19-17(23)16-11-22(21-20-16)10-13-4-2-1-3-5-13/h1-9,11H,10,12H2,(H,19,23)(H2,18,24,25). The third-order valence-corrected chi connectivity index (χ3v) is 4.27. The number of aromatic nitrogens is 3. The second-order valence-electron chi connectivity index (χ2n) is 5.75. The number of rotatable bonds is 6. The number of carbonyl (C=O) groups excluding carboxylic acids is 1. The highest BCUT2D eigenvalue weighted by atomic mass is 32.2. The van der Waals surface area contributed by atoms with Crippen molar-refractivity contribution in [2.75, 3.05) is 5.32 Å². The van der Waals surface area contributed by atoms with Crippen LogP contribution in [0.5, 0.6) is 0 Å². The summed E-state index contributed by atoms with van der Waals surface area (Å²) in [5.74, 6) is -0.654. The first kappa shape index (κ1) is 17.8. The molecule has 0 bridgehead atoms. The molecule has 1 aromatic heterocycles. The average Bonchev–Trinajstić information content (AvgIpc) is 3.05. The predicted molar refractivity (Wildman–Crippen MR) is 96.8 cm³/mol. The smallest absolute Gasteiger partial charge is 0.277 e. The average molecular weight is 371 g/mol. The molecule has 26 heavy (non-hydrogen) atoms. The van der Waals surface area contributed by atoms with Crippen molar-refractivity contribution in [1.82, 2.24) is 15.0 Å². The van der Waals surface area contributed by atoms with Crippen LogP contribution < -0.4 is 10.5 Å². The normalized spacial score (nSPS) is 11.3. The van der Waals surface area contributed by atoms with Crippen LogP contribution in [-0.2, 0) is 22.3 Å². The number of carbonyl (C=O) groups is 1. The number of primary sulfonamides is 1. The molecule has 0 fully saturated rings. The molecular formula is C17H17N5O3S. The molecule has 0 radical (unpaired) electrons. The number of nitrogens with zero attached hydrogens (tertiary/aromatic N) is 3. The van der Waals surface area contributed by atoms with Gasteiger partial charge < -0.3 is 5.32 Å². The molecule has 2 aromatic carbocycles. The highest BCUT2D eigenvalue weighted by molar-refractivity contribution is 7.88. The van der Waals surface area contributed by atoms with Crippen LogP contribution in [0.1, 0.15) is 21.6 Å². The van der Waals surface area contributed by atoms with Crippen molar-refractivity contribution < 1.29 is 13.2 Å². The molecule has 9 heteroatoms. The summed E-state index contributed by atoms with van der Waals surface area (Å²) in [5, 5.41) is 15.5. The van der Waals surface area contributed by atoms with E-state index < -0.39 is 15.9 Å². The van der Waals surface area contributed by atoms with Gasteiger partial charge in [-0.25, -0.2) is 18.2 Å². The van der Waals surface area contributed by atoms with E-state index in [1.165, 1.54) is 0 Å². The number of hydrogen-bond donors (Lipinski definition) is 2. The minimum atomic E-state index is -3.59. The summed E-state index contributed by atoms with van der Waals surface area (Å²) in [7, 11) is -3.59. The van der Waals surface area contributed by atoms with Crippen molar-refractivity contribution in [2.24, 2.45) is 5.14 Å². The molecule has 3 aromatic rings. The molecule has 1 heterocycles. The maximum Gasteiger partial charge on any atom is 0.277 e. The summed E-state index contributed by atoms with van der Waals surface area (Å²) in [6, 6.07) is 16.1. The Balaban J connectivity index is 1.63. The molecule has 0 spiro atoms. The molecule has 0 aliphatic carbocycles. The van der Waals surface area contributed by atoms with E-state index in [2.05, 4.69) is 15.6 Å². The fraction of sp³-hybridized carbons (Fsp3) is 0.118. The van der Waals surface area contributed by atoms with Crippen molar-refractivity contribution in [3.05, 3.63) is 77.6 Å². The number of benzene rings is 2. The maximum absolute atomic E-state index is 12.3. The highest BCUT2D eigenvalue weighted by Crippen LogP contribution is 2.12. The van der Waals surface area contributed by atoms with Crippen LogP contribution in [0.25, 0.3) is 0 Å². The second kappa shape index (κ2) is 7.46. The highest BCUT2D eigenvalue weighted by Gasteiger charge is 2.12. The summed E-state index contributed by atoms with van der Waals surface area (Å²) in [5.41, 5.74) is 2.30. The van der Waals surface area contributed by atoms with Crippen LogP contribution >= 0.6 is 0 Å². The van der Waals surface area contributed by atoms with Crippen molar-refractivity contribution in [1.29, 1.82) is 0 Å². The van der Waals surface area contributed by atoms with Gasteiger partial charge in [0.1, 0.15) is 0 Å². The van der Waals surface area contributed by atoms with Gasteiger partial charge in [0.05, 0.1) is 18.5 Å². The van der Waals surface area contributed by atoms with Gasteiger partial charge in [-0.3, -0.25) is 4.79 Å². The van der Waals surface area contributed by atoms with E-state index in [4.69, 9.17) is 5.14 Å². The number of nitrogens with one attached hydrogen (secondary N) is 1. The first-order chi connectivity index (χ1) is 12.4. The van der Waals surface area contributed by atoms with Gasteiger partial charge in [-0.15, -0.1) is 5.10 Å². The molecule has 0 atom stereocenters. The number of amides is 1. The van der Waals surface area contributed by atoms with E-state index in [9.17, 15) is 13.2 Å². The minimum Gasteiger partial charge on any atom is -0.321 e. The fourth-order valence-corrected chi connectivity index (χ4v) is 3.02. The number of anilines is 1. The first-order valence-electron chi connectivity index (χ1n) is 7.74. The van der Waals surface area contributed by atoms with Gasteiger partial charge in [0.15, 0.2) is 5.69 Å². The van der Waals surface area contributed by atoms with Crippen LogP contribution in [0.2, 0.25) is 0 Å². The van der Waals surface area contributed by atoms with Gasteiger partial charge in [-0.05, 0) is 23.3 Å². The third kappa shape index (κ3) is 4.98. The lowest BCUT2D eigenvalue weighted by Crippen LogP contribution is -2.15. The Bertz CT molecular complexity index is 998. The van der Waals surface area contributed by atoms with Crippen LogP contribution in [0, 0.1) is 0 Å². The first-order valence-corrected chi connectivity index (χ1v) is 9.45. The molecule has 0 saturated heterocycles. The third-order valence-electron chi connectivity index (χ3n) is 3.54. The minimum absolute atomic E-state index is 0.189. The van der Waals surface area contributed by atoms with Crippen LogP contribution in [0.15, 0.2) is 60.8 Å². The van der Waals surface area contributed by atoms with Crippen molar-refractivity contribution in [3.8, 4) is 0 Å². The Morgan fingerprint density at radius 2 is 1.73 bits per heavy atom. The molecule has 0 aliphatic rings. The molecule has 3 N–H and O–H groups in total. The number of sulfonamides is 1. The van der Waals surface area contributed by atoms with Gasteiger partial charge in [0.2, 0.25) is 10.0 Å². The summed E-state index contributed by atoms with van der Waals surface area (Å²) >= 11 is 0. The lowest BCUT2D eigenvalue weighted by molar-refractivity contribution is 0.102. The molecule has 1 amide bonds. The van der Waals surface area contributed by atoms with E-state index in [1.54, 1.807) is 35.1 Å². The van der Waals surface area contributed by atoms with E-state index in [-0.39, 0.29) is 11.4 Å². The Morgan fingerprint density at radius 1 is 1.04 bits per heavy atom. The van der Waals surface area contributed by atoms with E-state index >= 15 is 0 Å². The fourth-order valence-electron chi connectivity index (χ4n) is 2.36. The van der Waals surface area contributed by atoms with Crippen molar-refractivity contribution in [3.63, 3.8) is 0 Å². The molecule has 3 rings (SSSR count). The van der Waals surface area contributed by atoms with Gasteiger partial charge in [-0.1, -0.05) is 47.7 Å². The maximum atomic E-state index is 12.3. The zero-order valence-corrected chi connectivity index (χ0v) is 14.6. The molecular weight excluding hydrogens is 354 g/mol. The van der Waals surface area contributed by atoms with Crippen LogP contribution in [0.4, 0.5) is 5.69 Å². The lowest BCUT2D eigenvalue weighted by Gasteiger charge is -2.04. The largest absolute Gasteiger partial charge is 0.321 e. The SMILES string of the molecule is NS(=O)(=O)Cc1ccc(NC(=O)c2cn(Cc3ccccc3)nn2)cc1. The zero-order valence-electron chi connectivity index (χ0n) is 13.7. The molecule has 134 valence electrons. The van der Waals surface area contributed by atoms with Crippen LogP contribution in [-0.4, -0.2) is 29.3 Å². The topological polar surface area (TPSA) is 120 Å². The zero-order chi connectivity index (χ0) is 18.6. The lowest BCUT2D eigenvalue weighted by atomic mass is 10.2. The van der Waals surface area contributed by atoms with Crippen molar-refractivity contribution in [2.45, 2.75) is 12.3 Å². The quantitative estimate of drug-likeness (QED) is 0.678. The summed E-state index contributed by atoms with van der Waals surface area (Å²) < 4.78 is 23.7. The monoisotopic (exact) mass is 371 g/mol. The van der Waals surface area contributed by atoms with Gasteiger partial charge in [0.25, 0.3) is 5.91 Å². The number of hydrogen-bond acceptors (Lipinski definition) is 5. The van der Waals surface area contributed by atoms with Gasteiger partial charge >= 0.3 is 0 Å². The Labute approximate surface area is 150 Å². The summed E-state index contributed by atoms with van der Waals surface area (Å²) in [6.07, 6.45) is 1.57. The Kier molecular flexibility index (Phi) is 5.10. The predicted octanol–water partition coefficient (Wildman–Crippen LogP) is 1.37. The van der Waals surface area contributed by atoms with Gasteiger partial charge in [0, 0.05) is 5.69 Å². The van der Waals surface area contributed by atoms with Crippen molar-refractivity contribution >= 4 is 21.6 Å². The van der Waals surface area contributed by atoms with Crippen LogP contribution in [0.3, 0.4) is 0 Å². The Hall–Kier alpha value is -3.04. The summed E-state index contributed by atoms with van der Waals surface area (Å²) in [6.45, 7) is 0.517. The molecule has 0 saturated carbocycles. The molecule has 0 unspecified atom stereocenters. The molecule has 8 nitrogen and oxygen atoms in total. The summed E-state index contributed by atoms with van der Waals surface area (Å²) in [4.78, 5) is 12.3. The Morgan fingerprint density at radius 3 is 2.38 bits per heavy atom. The molecule has 0 aliphatic heterocycles. The van der Waals surface area contributed by atoms with E-state index in [0.29, 0.717) is 17.8 Å². The number of nitrogens with two attached hydrogens (primary N) is 1. The second-order valence-corrected chi connectivity index (χ2v) is 7.36.